The molecule has 0 fully saturated rings. The molecule has 0 aliphatic rings. The van der Waals surface area contributed by atoms with Crippen molar-refractivity contribution in [3.8, 4) is 5.75 Å². The number of halogens is 1. The molecule has 22 heavy (non-hydrogen) atoms. The molecule has 0 bridgehead atoms. The third kappa shape index (κ3) is 4.49. The number of nitrogens with zero attached hydrogens (tertiary/aromatic N) is 2. The second-order valence-electron chi connectivity index (χ2n) is 5.51. The summed E-state index contributed by atoms with van der Waals surface area (Å²) in [5.41, 5.74) is 2.07. The smallest absolute Gasteiger partial charge is 0.125 e. The molecule has 1 N–H and O–H groups in total. The standard InChI is InChI=1S/C17H22FN3O/c1-11(10-22-16-7-5-15(18)6-8-16)20-12(2)17-9-19-14(4)21-13(17)3/h5-9,11-12,20H,10H2,1-4H3/t11-,12+/m1/s1. The van der Waals surface area contributed by atoms with Crippen LogP contribution in [0.1, 0.15) is 37.0 Å². The fourth-order valence-corrected chi connectivity index (χ4v) is 2.33. The van der Waals surface area contributed by atoms with Crippen LogP contribution < -0.4 is 10.1 Å². The van der Waals surface area contributed by atoms with E-state index in [1.165, 1.54) is 12.1 Å². The second kappa shape index (κ2) is 7.31. The summed E-state index contributed by atoms with van der Waals surface area (Å²) in [7, 11) is 0. The first-order valence-electron chi connectivity index (χ1n) is 7.40. The monoisotopic (exact) mass is 303 g/mol. The molecule has 2 aromatic rings. The topological polar surface area (TPSA) is 47.0 Å². The molecule has 2 atom stereocenters. The van der Waals surface area contributed by atoms with Gasteiger partial charge in [0, 0.05) is 29.5 Å². The van der Waals surface area contributed by atoms with Gasteiger partial charge in [0.15, 0.2) is 0 Å². The van der Waals surface area contributed by atoms with E-state index in [4.69, 9.17) is 4.74 Å². The molecule has 0 aliphatic heterocycles. The third-order valence-electron chi connectivity index (χ3n) is 3.45. The van der Waals surface area contributed by atoms with Crippen LogP contribution in [0.4, 0.5) is 4.39 Å². The summed E-state index contributed by atoms with van der Waals surface area (Å²) in [6.07, 6.45) is 1.86. The number of ether oxygens (including phenoxy) is 1. The molecule has 0 unspecified atom stereocenters. The Kier molecular flexibility index (Phi) is 5.44. The largest absolute Gasteiger partial charge is 0.492 e. The molecule has 5 heteroatoms. The number of hydrogen-bond acceptors (Lipinski definition) is 4. The number of benzene rings is 1. The zero-order valence-electron chi connectivity index (χ0n) is 13.4. The van der Waals surface area contributed by atoms with Crippen LogP contribution in [0.5, 0.6) is 5.75 Å². The average molecular weight is 303 g/mol. The van der Waals surface area contributed by atoms with E-state index < -0.39 is 0 Å². The van der Waals surface area contributed by atoms with Crippen LogP contribution >= 0.6 is 0 Å². The third-order valence-corrected chi connectivity index (χ3v) is 3.45. The molecule has 0 saturated heterocycles. The van der Waals surface area contributed by atoms with Gasteiger partial charge in [-0.1, -0.05) is 0 Å². The molecule has 0 aliphatic carbocycles. The Morgan fingerprint density at radius 1 is 1.18 bits per heavy atom. The molecule has 4 nitrogen and oxygen atoms in total. The van der Waals surface area contributed by atoms with E-state index in [0.29, 0.717) is 12.4 Å². The van der Waals surface area contributed by atoms with Gasteiger partial charge in [-0.3, -0.25) is 0 Å². The zero-order valence-corrected chi connectivity index (χ0v) is 13.4. The number of rotatable bonds is 6. The molecule has 0 saturated carbocycles. The summed E-state index contributed by atoms with van der Waals surface area (Å²) in [5.74, 6) is 1.18. The normalized spacial score (nSPS) is 13.7. The van der Waals surface area contributed by atoms with E-state index in [-0.39, 0.29) is 17.9 Å². The quantitative estimate of drug-likeness (QED) is 0.889. The van der Waals surface area contributed by atoms with Gasteiger partial charge in [0.25, 0.3) is 0 Å². The number of aryl methyl sites for hydroxylation is 2. The predicted octanol–water partition coefficient (Wildman–Crippen LogP) is 3.35. The van der Waals surface area contributed by atoms with Crippen LogP contribution in [0.15, 0.2) is 30.5 Å². The van der Waals surface area contributed by atoms with Crippen molar-refractivity contribution in [1.29, 1.82) is 0 Å². The average Bonchev–Trinajstić information content (AvgIpc) is 2.46. The van der Waals surface area contributed by atoms with Crippen molar-refractivity contribution in [3.63, 3.8) is 0 Å². The lowest BCUT2D eigenvalue weighted by molar-refractivity contribution is 0.263. The van der Waals surface area contributed by atoms with Gasteiger partial charge in [-0.25, -0.2) is 14.4 Å². The summed E-state index contributed by atoms with van der Waals surface area (Å²) in [6, 6.07) is 6.31. The van der Waals surface area contributed by atoms with E-state index in [9.17, 15) is 4.39 Å². The van der Waals surface area contributed by atoms with Crippen molar-refractivity contribution in [2.45, 2.75) is 39.8 Å². The van der Waals surface area contributed by atoms with Crippen molar-refractivity contribution < 1.29 is 9.13 Å². The van der Waals surface area contributed by atoms with Crippen molar-refractivity contribution in [1.82, 2.24) is 15.3 Å². The Labute approximate surface area is 130 Å². The van der Waals surface area contributed by atoms with E-state index in [2.05, 4.69) is 22.2 Å². The lowest BCUT2D eigenvalue weighted by atomic mass is 10.1. The summed E-state index contributed by atoms with van der Waals surface area (Å²) < 4.78 is 18.5. The first-order chi connectivity index (χ1) is 10.5. The maximum Gasteiger partial charge on any atom is 0.125 e. The number of nitrogens with one attached hydrogen (secondary N) is 1. The van der Waals surface area contributed by atoms with Gasteiger partial charge in [0.2, 0.25) is 0 Å². The summed E-state index contributed by atoms with van der Waals surface area (Å²) in [6.45, 7) is 8.50. The highest BCUT2D eigenvalue weighted by Gasteiger charge is 2.13. The Hall–Kier alpha value is -2.01. The predicted molar refractivity (Wildman–Crippen MR) is 84.4 cm³/mol. The zero-order chi connectivity index (χ0) is 16.1. The molecular formula is C17H22FN3O. The second-order valence-corrected chi connectivity index (χ2v) is 5.51. The molecule has 1 aromatic heterocycles. The fourth-order valence-electron chi connectivity index (χ4n) is 2.33. The van der Waals surface area contributed by atoms with Crippen LogP contribution in [0.3, 0.4) is 0 Å². The van der Waals surface area contributed by atoms with Crippen molar-refractivity contribution in [3.05, 3.63) is 53.4 Å². The van der Waals surface area contributed by atoms with E-state index in [0.717, 1.165) is 17.1 Å². The molecule has 2 rings (SSSR count). The molecule has 1 heterocycles. The van der Waals surface area contributed by atoms with Crippen LogP contribution in [0, 0.1) is 19.7 Å². The Morgan fingerprint density at radius 2 is 1.86 bits per heavy atom. The van der Waals surface area contributed by atoms with Crippen molar-refractivity contribution >= 4 is 0 Å². The Bertz CT molecular complexity index is 616. The minimum Gasteiger partial charge on any atom is -0.492 e. The van der Waals surface area contributed by atoms with Crippen LogP contribution in [0.2, 0.25) is 0 Å². The van der Waals surface area contributed by atoms with Gasteiger partial charge in [0.1, 0.15) is 24.0 Å². The maximum absolute atomic E-state index is 12.8. The highest BCUT2D eigenvalue weighted by Crippen LogP contribution is 2.16. The van der Waals surface area contributed by atoms with Crippen molar-refractivity contribution in [2.24, 2.45) is 0 Å². The number of aromatic nitrogens is 2. The van der Waals surface area contributed by atoms with Crippen molar-refractivity contribution in [2.75, 3.05) is 6.61 Å². The van der Waals surface area contributed by atoms with Crippen LogP contribution in [0.25, 0.3) is 0 Å². The number of hydrogen-bond donors (Lipinski definition) is 1. The van der Waals surface area contributed by atoms with Crippen LogP contribution in [-0.4, -0.2) is 22.6 Å². The summed E-state index contributed by atoms with van der Waals surface area (Å²) in [4.78, 5) is 8.64. The van der Waals surface area contributed by atoms with Gasteiger partial charge in [-0.2, -0.15) is 0 Å². The van der Waals surface area contributed by atoms with Gasteiger partial charge >= 0.3 is 0 Å². The fraction of sp³-hybridized carbons (Fsp3) is 0.412. The van der Waals surface area contributed by atoms with Crippen LogP contribution in [-0.2, 0) is 0 Å². The summed E-state index contributed by atoms with van der Waals surface area (Å²) in [5, 5.41) is 3.46. The molecular weight excluding hydrogens is 281 g/mol. The van der Waals surface area contributed by atoms with Gasteiger partial charge in [-0.05, 0) is 52.0 Å². The first-order valence-corrected chi connectivity index (χ1v) is 7.40. The highest BCUT2D eigenvalue weighted by atomic mass is 19.1. The minimum absolute atomic E-state index is 0.132. The van der Waals surface area contributed by atoms with E-state index in [1.54, 1.807) is 12.1 Å². The SMILES string of the molecule is Cc1ncc([C@H](C)N[C@H](C)COc2ccc(F)cc2)c(C)n1. The molecule has 0 radical (unpaired) electrons. The van der Waals surface area contributed by atoms with Gasteiger partial charge < -0.3 is 10.1 Å². The highest BCUT2D eigenvalue weighted by molar-refractivity contribution is 5.22. The van der Waals surface area contributed by atoms with E-state index >= 15 is 0 Å². The lowest BCUT2D eigenvalue weighted by Crippen LogP contribution is -2.34. The minimum atomic E-state index is -0.262. The summed E-state index contributed by atoms with van der Waals surface area (Å²) >= 11 is 0. The molecule has 118 valence electrons. The molecule has 1 aromatic carbocycles. The molecule has 0 spiro atoms. The van der Waals surface area contributed by atoms with Gasteiger partial charge in [0.05, 0.1) is 0 Å². The Balaban J connectivity index is 1.88. The lowest BCUT2D eigenvalue weighted by Gasteiger charge is -2.21. The maximum atomic E-state index is 12.8. The van der Waals surface area contributed by atoms with E-state index in [1.807, 2.05) is 27.0 Å². The first kappa shape index (κ1) is 16.4. The Morgan fingerprint density at radius 3 is 2.50 bits per heavy atom. The van der Waals surface area contributed by atoms with Gasteiger partial charge in [-0.15, -0.1) is 0 Å². The molecule has 0 amide bonds.